The van der Waals surface area contributed by atoms with E-state index >= 15 is 0 Å². The second kappa shape index (κ2) is 6.35. The molecule has 0 aliphatic heterocycles. The van der Waals surface area contributed by atoms with Crippen LogP contribution in [0.3, 0.4) is 0 Å². The van der Waals surface area contributed by atoms with Gasteiger partial charge in [0, 0.05) is 7.05 Å². The Morgan fingerprint density at radius 1 is 1.48 bits per heavy atom. The molecule has 0 fully saturated rings. The Labute approximate surface area is 123 Å². The minimum absolute atomic E-state index is 0.543. The topological polar surface area (TPSA) is 46.3 Å². The molecule has 0 bridgehead atoms. The van der Waals surface area contributed by atoms with Crippen LogP contribution in [0.15, 0.2) is 66.4 Å². The predicted octanol–water partition coefficient (Wildman–Crippen LogP) is 2.41. The zero-order valence-corrected chi connectivity index (χ0v) is 11.8. The summed E-state index contributed by atoms with van der Waals surface area (Å²) in [6.07, 6.45) is 10.0. The zero-order valence-electron chi connectivity index (χ0n) is 11.8. The van der Waals surface area contributed by atoms with Crippen LogP contribution in [0.4, 0.5) is 0 Å². The first kappa shape index (κ1) is 14.3. The van der Waals surface area contributed by atoms with E-state index in [4.69, 9.17) is 6.42 Å². The van der Waals surface area contributed by atoms with E-state index in [1.807, 2.05) is 24.3 Å². The normalized spacial score (nSPS) is 11.5. The van der Waals surface area contributed by atoms with Crippen LogP contribution in [0.5, 0.6) is 0 Å². The van der Waals surface area contributed by atoms with E-state index in [1.54, 1.807) is 35.0 Å². The van der Waals surface area contributed by atoms with Gasteiger partial charge in [0.25, 0.3) is 0 Å². The van der Waals surface area contributed by atoms with Gasteiger partial charge in [0.15, 0.2) is 5.84 Å². The van der Waals surface area contributed by atoms with Crippen molar-refractivity contribution in [3.8, 4) is 12.3 Å². The maximum atomic E-state index is 5.17. The average molecular weight is 277 g/mol. The fourth-order valence-corrected chi connectivity index (χ4v) is 1.68. The number of benzene rings is 1. The van der Waals surface area contributed by atoms with Crippen LogP contribution in [0.2, 0.25) is 0 Å². The van der Waals surface area contributed by atoms with Gasteiger partial charge in [-0.05, 0) is 30.4 Å². The third-order valence-electron chi connectivity index (χ3n) is 2.79. The molecule has 5 heteroatoms. The van der Waals surface area contributed by atoms with Gasteiger partial charge in [-0.15, -0.1) is 11.5 Å². The van der Waals surface area contributed by atoms with E-state index in [0.717, 1.165) is 11.0 Å². The van der Waals surface area contributed by atoms with E-state index in [1.165, 1.54) is 0 Å². The number of nitrogens with zero attached hydrogens (tertiary/aromatic N) is 5. The SMILES string of the molecule is C#C/C=C\C(=C)N(C)/N=C(\C=C)n1nnc2ccccc21. The Bertz CT molecular complexity index is 773. The maximum absolute atomic E-state index is 5.17. The molecule has 0 aliphatic rings. The summed E-state index contributed by atoms with van der Waals surface area (Å²) in [4.78, 5) is 0. The van der Waals surface area contributed by atoms with E-state index in [-0.39, 0.29) is 0 Å². The first-order chi connectivity index (χ1) is 10.2. The van der Waals surface area contributed by atoms with Crippen molar-refractivity contribution < 1.29 is 0 Å². The maximum Gasteiger partial charge on any atom is 0.175 e. The predicted molar refractivity (Wildman–Crippen MR) is 85.4 cm³/mol. The summed E-state index contributed by atoms with van der Waals surface area (Å²) in [6.45, 7) is 7.65. The van der Waals surface area contributed by atoms with E-state index in [2.05, 4.69) is 34.5 Å². The van der Waals surface area contributed by atoms with E-state index in [0.29, 0.717) is 11.5 Å². The number of likely N-dealkylation sites (N-methyl/N-ethyl adjacent to an activating group) is 1. The average Bonchev–Trinajstić information content (AvgIpc) is 2.93. The monoisotopic (exact) mass is 277 g/mol. The summed E-state index contributed by atoms with van der Waals surface area (Å²) < 4.78 is 1.62. The number of allylic oxidation sites excluding steroid dienone is 3. The molecular formula is C16H15N5. The van der Waals surface area contributed by atoms with Crippen LogP contribution in [0.1, 0.15) is 0 Å². The van der Waals surface area contributed by atoms with Crippen molar-refractivity contribution in [3.63, 3.8) is 0 Å². The number of fused-ring (bicyclic) bond motifs is 1. The number of rotatable bonds is 4. The van der Waals surface area contributed by atoms with Crippen molar-refractivity contribution in [2.24, 2.45) is 5.10 Å². The number of terminal acetylenes is 1. The molecule has 0 spiro atoms. The van der Waals surface area contributed by atoms with Gasteiger partial charge in [0.2, 0.25) is 0 Å². The zero-order chi connectivity index (χ0) is 15.2. The Kier molecular flexibility index (Phi) is 4.32. The minimum atomic E-state index is 0.543. The molecule has 1 heterocycles. The summed E-state index contributed by atoms with van der Waals surface area (Å²) in [5.41, 5.74) is 2.30. The molecule has 2 rings (SSSR count). The molecule has 0 saturated heterocycles. The van der Waals surface area contributed by atoms with Crippen LogP contribution in [0, 0.1) is 12.3 Å². The number of hydrazone groups is 1. The van der Waals surface area contributed by atoms with Crippen molar-refractivity contribution >= 4 is 16.9 Å². The summed E-state index contributed by atoms with van der Waals surface area (Å²) in [5, 5.41) is 14.2. The lowest BCUT2D eigenvalue weighted by Crippen LogP contribution is -2.17. The highest BCUT2D eigenvalue weighted by atomic mass is 15.5. The molecule has 0 atom stereocenters. The second-order valence-electron chi connectivity index (χ2n) is 4.17. The third kappa shape index (κ3) is 3.07. The Morgan fingerprint density at radius 2 is 2.24 bits per heavy atom. The fraction of sp³-hybridized carbons (Fsp3) is 0.0625. The highest BCUT2D eigenvalue weighted by Gasteiger charge is 2.08. The fourth-order valence-electron chi connectivity index (χ4n) is 1.68. The van der Waals surface area contributed by atoms with Gasteiger partial charge >= 0.3 is 0 Å². The van der Waals surface area contributed by atoms with Crippen molar-refractivity contribution in [1.82, 2.24) is 20.0 Å². The molecule has 21 heavy (non-hydrogen) atoms. The molecule has 5 nitrogen and oxygen atoms in total. The number of hydrogen-bond acceptors (Lipinski definition) is 4. The van der Waals surface area contributed by atoms with Crippen LogP contribution in [-0.2, 0) is 0 Å². The Hall–Kier alpha value is -3.13. The van der Waals surface area contributed by atoms with E-state index < -0.39 is 0 Å². The smallest absolute Gasteiger partial charge is 0.175 e. The third-order valence-corrected chi connectivity index (χ3v) is 2.79. The van der Waals surface area contributed by atoms with Gasteiger partial charge in [-0.2, -0.15) is 9.78 Å². The number of para-hydroxylation sites is 1. The summed E-state index contributed by atoms with van der Waals surface area (Å²) in [5.74, 6) is 2.95. The quantitative estimate of drug-likeness (QED) is 0.283. The van der Waals surface area contributed by atoms with Crippen LogP contribution in [0.25, 0.3) is 11.0 Å². The lowest BCUT2D eigenvalue weighted by atomic mass is 10.3. The lowest BCUT2D eigenvalue weighted by molar-refractivity contribution is 0.460. The molecule has 2 aromatic rings. The molecule has 104 valence electrons. The minimum Gasteiger partial charge on any atom is -0.267 e. The van der Waals surface area contributed by atoms with Crippen LogP contribution in [-0.4, -0.2) is 32.9 Å². The van der Waals surface area contributed by atoms with Crippen molar-refractivity contribution in [2.45, 2.75) is 0 Å². The Morgan fingerprint density at radius 3 is 2.95 bits per heavy atom. The van der Waals surface area contributed by atoms with E-state index in [9.17, 15) is 0 Å². The van der Waals surface area contributed by atoms with Gasteiger partial charge in [-0.1, -0.05) is 36.4 Å². The summed E-state index contributed by atoms with van der Waals surface area (Å²) in [6, 6.07) is 7.63. The lowest BCUT2D eigenvalue weighted by Gasteiger charge is -2.14. The molecule has 0 unspecified atom stereocenters. The van der Waals surface area contributed by atoms with Gasteiger partial charge in [-0.3, -0.25) is 5.01 Å². The molecule has 0 aliphatic carbocycles. The van der Waals surface area contributed by atoms with Gasteiger partial charge in [0.1, 0.15) is 5.52 Å². The number of aromatic nitrogens is 3. The first-order valence-corrected chi connectivity index (χ1v) is 6.24. The van der Waals surface area contributed by atoms with Crippen molar-refractivity contribution in [1.29, 1.82) is 0 Å². The van der Waals surface area contributed by atoms with Crippen molar-refractivity contribution in [3.05, 3.63) is 61.3 Å². The Balaban J connectivity index is 2.38. The van der Waals surface area contributed by atoms with Crippen molar-refractivity contribution in [2.75, 3.05) is 7.05 Å². The summed E-state index contributed by atoms with van der Waals surface area (Å²) in [7, 11) is 1.77. The molecule has 0 radical (unpaired) electrons. The molecule has 0 saturated carbocycles. The molecule has 1 aromatic carbocycles. The number of hydrogen-bond donors (Lipinski definition) is 0. The molecule has 0 N–H and O–H groups in total. The standard InChI is InChI=1S/C16H15N5/c1-5-7-10-13(3)20(4)18-16(6-2)21-15-12-9-8-11-14(15)17-19-21/h1,6-12H,2-3H2,4H3/b10-7-,18-16+. The van der Waals surface area contributed by atoms with Crippen LogP contribution >= 0.6 is 0 Å². The highest BCUT2D eigenvalue weighted by molar-refractivity contribution is 5.98. The van der Waals surface area contributed by atoms with Gasteiger partial charge in [-0.25, -0.2) is 0 Å². The van der Waals surface area contributed by atoms with Gasteiger partial charge < -0.3 is 0 Å². The molecular weight excluding hydrogens is 262 g/mol. The van der Waals surface area contributed by atoms with Crippen LogP contribution < -0.4 is 0 Å². The largest absolute Gasteiger partial charge is 0.267 e. The highest BCUT2D eigenvalue weighted by Crippen LogP contribution is 2.11. The second-order valence-corrected chi connectivity index (χ2v) is 4.17. The molecule has 1 aromatic heterocycles. The summed E-state index contributed by atoms with van der Waals surface area (Å²) >= 11 is 0. The van der Waals surface area contributed by atoms with Gasteiger partial charge in [0.05, 0.1) is 11.2 Å². The molecule has 0 amide bonds. The first-order valence-electron chi connectivity index (χ1n) is 6.24.